The number of benzene rings is 2. The van der Waals surface area contributed by atoms with Crippen LogP contribution >= 0.6 is 0 Å². The zero-order chi connectivity index (χ0) is 15.4. The predicted molar refractivity (Wildman–Crippen MR) is 87.8 cm³/mol. The zero-order valence-corrected chi connectivity index (χ0v) is 13.1. The summed E-state index contributed by atoms with van der Waals surface area (Å²) in [6.45, 7) is 6.73. The number of nitrogens with one attached hydrogen (secondary N) is 2. The average Bonchev–Trinajstić information content (AvgIpc) is 2.40. The Morgan fingerprint density at radius 1 is 1.05 bits per heavy atom. The molecular weight excluding hydrogens is 260 g/mol. The fraction of sp³-hybridized carbons (Fsp3) is 0.278. The first-order valence-electron chi connectivity index (χ1n) is 7.14. The maximum atomic E-state index is 12.6. The molecule has 2 aromatic rings. The molecule has 21 heavy (non-hydrogen) atoms. The molecule has 0 unspecified atom stereocenters. The Morgan fingerprint density at radius 3 is 2.29 bits per heavy atom. The Labute approximate surface area is 126 Å². The summed E-state index contributed by atoms with van der Waals surface area (Å²) in [6, 6.07) is 11.9. The lowest BCUT2D eigenvalue weighted by molar-refractivity contribution is 0.102. The zero-order valence-electron chi connectivity index (χ0n) is 13.1. The van der Waals surface area contributed by atoms with Crippen LogP contribution in [0.4, 0.5) is 5.69 Å². The number of carbonyl (C=O) groups is 1. The highest BCUT2D eigenvalue weighted by atomic mass is 16.1. The Morgan fingerprint density at radius 2 is 1.67 bits per heavy atom. The van der Waals surface area contributed by atoms with Crippen LogP contribution in [0.15, 0.2) is 36.4 Å². The number of carbonyl (C=O) groups excluding carboxylic acids is 1. The molecule has 0 spiro atoms. The molecule has 0 heterocycles. The minimum Gasteiger partial charge on any atom is -0.322 e. The van der Waals surface area contributed by atoms with E-state index >= 15 is 0 Å². The van der Waals surface area contributed by atoms with Gasteiger partial charge in [-0.05, 0) is 50.6 Å². The summed E-state index contributed by atoms with van der Waals surface area (Å²) in [7, 11) is 1.90. The highest BCUT2D eigenvalue weighted by molar-refractivity contribution is 6.06. The predicted octanol–water partition coefficient (Wildman–Crippen LogP) is 3.58. The molecule has 2 aromatic carbocycles. The van der Waals surface area contributed by atoms with Crippen LogP contribution in [-0.2, 0) is 6.54 Å². The molecule has 0 aromatic heterocycles. The quantitative estimate of drug-likeness (QED) is 0.900. The Hall–Kier alpha value is -2.13. The molecule has 2 N–H and O–H groups in total. The van der Waals surface area contributed by atoms with Crippen LogP contribution in [0.2, 0.25) is 0 Å². The average molecular weight is 282 g/mol. The van der Waals surface area contributed by atoms with E-state index in [9.17, 15) is 4.79 Å². The van der Waals surface area contributed by atoms with Crippen molar-refractivity contribution in [3.05, 3.63) is 64.2 Å². The van der Waals surface area contributed by atoms with E-state index in [1.807, 2.05) is 64.2 Å². The molecule has 0 fully saturated rings. The van der Waals surface area contributed by atoms with Crippen molar-refractivity contribution in [2.24, 2.45) is 0 Å². The second-order valence-corrected chi connectivity index (χ2v) is 5.42. The maximum Gasteiger partial charge on any atom is 0.256 e. The SMILES string of the molecule is CNCc1ccccc1NC(=O)c1c(C)cc(C)cc1C. The van der Waals surface area contributed by atoms with Crippen LogP contribution < -0.4 is 10.6 Å². The molecule has 0 atom stereocenters. The van der Waals surface area contributed by atoms with Crippen molar-refractivity contribution < 1.29 is 4.79 Å². The van der Waals surface area contributed by atoms with Gasteiger partial charge in [-0.1, -0.05) is 35.9 Å². The van der Waals surface area contributed by atoms with Gasteiger partial charge in [-0.3, -0.25) is 4.79 Å². The first-order chi connectivity index (χ1) is 10.0. The smallest absolute Gasteiger partial charge is 0.256 e. The summed E-state index contributed by atoms with van der Waals surface area (Å²) in [5.41, 5.74) is 5.90. The van der Waals surface area contributed by atoms with E-state index in [1.165, 1.54) is 5.56 Å². The Kier molecular flexibility index (Phi) is 4.76. The van der Waals surface area contributed by atoms with Crippen molar-refractivity contribution in [1.29, 1.82) is 0 Å². The lowest BCUT2D eigenvalue weighted by Gasteiger charge is -2.14. The standard InChI is InChI=1S/C18H22N2O/c1-12-9-13(2)17(14(3)10-12)18(21)20-16-8-6-5-7-15(16)11-19-4/h5-10,19H,11H2,1-4H3,(H,20,21). The van der Waals surface area contributed by atoms with Crippen LogP contribution in [0.25, 0.3) is 0 Å². The van der Waals surface area contributed by atoms with Gasteiger partial charge in [-0.15, -0.1) is 0 Å². The topological polar surface area (TPSA) is 41.1 Å². The van der Waals surface area contributed by atoms with Crippen LogP contribution in [0.3, 0.4) is 0 Å². The molecule has 0 aliphatic carbocycles. The van der Waals surface area contributed by atoms with Crippen molar-refractivity contribution in [3.63, 3.8) is 0 Å². The van der Waals surface area contributed by atoms with Crippen molar-refractivity contribution in [2.45, 2.75) is 27.3 Å². The van der Waals surface area contributed by atoms with Gasteiger partial charge in [0.25, 0.3) is 5.91 Å². The van der Waals surface area contributed by atoms with E-state index in [0.717, 1.165) is 34.5 Å². The molecule has 0 saturated heterocycles. The number of aryl methyl sites for hydroxylation is 3. The van der Waals surface area contributed by atoms with Gasteiger partial charge in [0, 0.05) is 17.8 Å². The number of hydrogen-bond acceptors (Lipinski definition) is 2. The summed E-state index contributed by atoms with van der Waals surface area (Å²) in [4.78, 5) is 12.6. The largest absolute Gasteiger partial charge is 0.322 e. The lowest BCUT2D eigenvalue weighted by atomic mass is 9.99. The molecule has 0 saturated carbocycles. The fourth-order valence-electron chi connectivity index (χ4n) is 2.71. The summed E-state index contributed by atoms with van der Waals surface area (Å²) < 4.78 is 0. The second kappa shape index (κ2) is 6.55. The molecule has 3 nitrogen and oxygen atoms in total. The highest BCUT2D eigenvalue weighted by Gasteiger charge is 2.14. The van der Waals surface area contributed by atoms with Gasteiger partial charge in [-0.2, -0.15) is 0 Å². The van der Waals surface area contributed by atoms with Gasteiger partial charge < -0.3 is 10.6 Å². The Bertz CT molecular complexity index is 639. The molecule has 0 aliphatic heterocycles. The third kappa shape index (κ3) is 3.50. The van der Waals surface area contributed by atoms with Crippen molar-refractivity contribution in [3.8, 4) is 0 Å². The van der Waals surface area contributed by atoms with Crippen LogP contribution in [0.5, 0.6) is 0 Å². The van der Waals surface area contributed by atoms with E-state index in [1.54, 1.807) is 0 Å². The molecule has 3 heteroatoms. The van der Waals surface area contributed by atoms with E-state index in [-0.39, 0.29) is 5.91 Å². The number of rotatable bonds is 4. The molecule has 2 rings (SSSR count). The number of anilines is 1. The van der Waals surface area contributed by atoms with Gasteiger partial charge in [-0.25, -0.2) is 0 Å². The lowest BCUT2D eigenvalue weighted by Crippen LogP contribution is -2.17. The minimum absolute atomic E-state index is 0.0476. The van der Waals surface area contributed by atoms with Crippen LogP contribution in [-0.4, -0.2) is 13.0 Å². The van der Waals surface area contributed by atoms with E-state index in [0.29, 0.717) is 0 Å². The van der Waals surface area contributed by atoms with Crippen molar-refractivity contribution in [2.75, 3.05) is 12.4 Å². The van der Waals surface area contributed by atoms with Gasteiger partial charge in [0.05, 0.1) is 0 Å². The third-order valence-corrected chi connectivity index (χ3v) is 3.54. The second-order valence-electron chi connectivity index (χ2n) is 5.42. The molecule has 110 valence electrons. The van der Waals surface area contributed by atoms with E-state index in [2.05, 4.69) is 10.6 Å². The normalized spacial score (nSPS) is 10.5. The molecular formula is C18H22N2O. The fourth-order valence-corrected chi connectivity index (χ4v) is 2.71. The molecule has 1 amide bonds. The van der Waals surface area contributed by atoms with Gasteiger partial charge in [0.2, 0.25) is 0 Å². The Balaban J connectivity index is 2.31. The molecule has 0 bridgehead atoms. The summed E-state index contributed by atoms with van der Waals surface area (Å²) in [6.07, 6.45) is 0. The minimum atomic E-state index is -0.0476. The van der Waals surface area contributed by atoms with Gasteiger partial charge >= 0.3 is 0 Å². The number of para-hydroxylation sites is 1. The van der Waals surface area contributed by atoms with Gasteiger partial charge in [0.1, 0.15) is 0 Å². The monoisotopic (exact) mass is 282 g/mol. The summed E-state index contributed by atoms with van der Waals surface area (Å²) in [5.74, 6) is -0.0476. The van der Waals surface area contributed by atoms with Crippen LogP contribution in [0, 0.1) is 20.8 Å². The molecule has 0 radical (unpaired) electrons. The summed E-state index contributed by atoms with van der Waals surface area (Å²) >= 11 is 0. The van der Waals surface area contributed by atoms with Crippen molar-refractivity contribution >= 4 is 11.6 Å². The van der Waals surface area contributed by atoms with Gasteiger partial charge in [0.15, 0.2) is 0 Å². The summed E-state index contributed by atoms with van der Waals surface area (Å²) in [5, 5.41) is 6.15. The molecule has 0 aliphatic rings. The van der Waals surface area contributed by atoms with E-state index in [4.69, 9.17) is 0 Å². The first kappa shape index (κ1) is 15.3. The van der Waals surface area contributed by atoms with E-state index < -0.39 is 0 Å². The van der Waals surface area contributed by atoms with Crippen LogP contribution in [0.1, 0.15) is 32.6 Å². The highest BCUT2D eigenvalue weighted by Crippen LogP contribution is 2.20. The third-order valence-electron chi connectivity index (χ3n) is 3.54. The van der Waals surface area contributed by atoms with Crippen molar-refractivity contribution in [1.82, 2.24) is 5.32 Å². The number of hydrogen-bond donors (Lipinski definition) is 2. The maximum absolute atomic E-state index is 12.6. The number of amides is 1. The first-order valence-corrected chi connectivity index (χ1v) is 7.14.